The molecule has 1 aliphatic rings. The van der Waals surface area contributed by atoms with Gasteiger partial charge < -0.3 is 9.84 Å². The highest BCUT2D eigenvalue weighted by Gasteiger charge is 2.26. The Labute approximate surface area is 110 Å². The number of hydrogen-bond donors (Lipinski definition) is 1. The van der Waals surface area contributed by atoms with Crippen molar-refractivity contribution >= 4 is 0 Å². The fourth-order valence-corrected chi connectivity index (χ4v) is 3.08. The first-order chi connectivity index (χ1) is 8.56. The van der Waals surface area contributed by atoms with Crippen LogP contribution in [0.15, 0.2) is 24.3 Å². The summed E-state index contributed by atoms with van der Waals surface area (Å²) in [6.07, 6.45) is 3.37. The molecule has 0 spiro atoms. The third kappa shape index (κ3) is 3.26. The summed E-state index contributed by atoms with van der Waals surface area (Å²) in [5.74, 6) is 2.31. The van der Waals surface area contributed by atoms with Gasteiger partial charge in [0.2, 0.25) is 0 Å². The van der Waals surface area contributed by atoms with Gasteiger partial charge in [0, 0.05) is 5.56 Å². The summed E-state index contributed by atoms with van der Waals surface area (Å²) in [6, 6.07) is 7.82. The number of hydrogen-bond acceptors (Lipinski definition) is 2. The molecule has 0 radical (unpaired) electrons. The summed E-state index contributed by atoms with van der Waals surface area (Å²) >= 11 is 0. The Bertz CT molecular complexity index is 376. The Balaban J connectivity index is 2.09. The van der Waals surface area contributed by atoms with Crippen molar-refractivity contribution in [2.24, 2.45) is 11.8 Å². The molecule has 1 aromatic rings. The molecule has 1 fully saturated rings. The minimum absolute atomic E-state index is 0.295. The van der Waals surface area contributed by atoms with Gasteiger partial charge in [0.15, 0.2) is 0 Å². The normalized spacial score (nSPS) is 29.9. The molecule has 1 saturated carbocycles. The molecular formula is C16H24O2. The molecule has 0 saturated heterocycles. The van der Waals surface area contributed by atoms with Crippen molar-refractivity contribution in [3.8, 4) is 5.75 Å². The summed E-state index contributed by atoms with van der Waals surface area (Å²) in [4.78, 5) is 0. The Morgan fingerprint density at radius 1 is 1.11 bits per heavy atom. The van der Waals surface area contributed by atoms with E-state index in [1.807, 2.05) is 24.3 Å². The van der Waals surface area contributed by atoms with Crippen molar-refractivity contribution in [3.63, 3.8) is 0 Å². The first kappa shape index (κ1) is 13.4. The minimum Gasteiger partial charge on any atom is -0.490 e. The maximum Gasteiger partial charge on any atom is 0.125 e. The van der Waals surface area contributed by atoms with E-state index < -0.39 is 6.10 Å². The lowest BCUT2D eigenvalue weighted by atomic mass is 9.82. The molecule has 18 heavy (non-hydrogen) atoms. The van der Waals surface area contributed by atoms with Crippen LogP contribution in [0.5, 0.6) is 5.75 Å². The lowest BCUT2D eigenvalue weighted by Crippen LogP contribution is -2.28. The van der Waals surface area contributed by atoms with Crippen molar-refractivity contribution in [1.82, 2.24) is 0 Å². The van der Waals surface area contributed by atoms with Gasteiger partial charge in [0.25, 0.3) is 0 Å². The SMILES string of the molecule is CC1CC(C)CC(Oc2ccccc2C(C)O)C1. The van der Waals surface area contributed by atoms with Gasteiger partial charge in [-0.1, -0.05) is 32.0 Å². The average Bonchev–Trinajstić information content (AvgIpc) is 2.27. The Hall–Kier alpha value is -1.02. The van der Waals surface area contributed by atoms with Crippen LogP contribution in [0.3, 0.4) is 0 Å². The van der Waals surface area contributed by atoms with Gasteiger partial charge in [-0.05, 0) is 44.1 Å². The molecule has 0 bridgehead atoms. The van der Waals surface area contributed by atoms with Crippen molar-refractivity contribution in [3.05, 3.63) is 29.8 Å². The molecule has 2 nitrogen and oxygen atoms in total. The predicted octanol–water partition coefficient (Wildman–Crippen LogP) is 3.94. The van der Waals surface area contributed by atoms with E-state index in [-0.39, 0.29) is 0 Å². The van der Waals surface area contributed by atoms with Crippen LogP contribution < -0.4 is 4.74 Å². The molecule has 0 aromatic heterocycles. The summed E-state index contributed by atoms with van der Waals surface area (Å²) in [7, 11) is 0. The third-order valence-corrected chi connectivity index (χ3v) is 3.80. The lowest BCUT2D eigenvalue weighted by molar-refractivity contribution is 0.0960. The molecule has 1 aliphatic carbocycles. The molecule has 2 rings (SSSR count). The Morgan fingerprint density at radius 2 is 1.72 bits per heavy atom. The fraction of sp³-hybridized carbons (Fsp3) is 0.625. The largest absolute Gasteiger partial charge is 0.490 e. The van der Waals surface area contributed by atoms with E-state index in [0.29, 0.717) is 6.10 Å². The number of aliphatic hydroxyl groups excluding tert-OH is 1. The van der Waals surface area contributed by atoms with E-state index in [2.05, 4.69) is 13.8 Å². The Morgan fingerprint density at radius 3 is 2.33 bits per heavy atom. The second-order valence-corrected chi connectivity index (χ2v) is 5.87. The molecule has 2 heteroatoms. The van der Waals surface area contributed by atoms with Crippen LogP contribution in [0.2, 0.25) is 0 Å². The number of para-hydroxylation sites is 1. The van der Waals surface area contributed by atoms with Crippen LogP contribution in [0, 0.1) is 11.8 Å². The third-order valence-electron chi connectivity index (χ3n) is 3.80. The topological polar surface area (TPSA) is 29.5 Å². The molecule has 0 aliphatic heterocycles. The average molecular weight is 248 g/mol. The van der Waals surface area contributed by atoms with Gasteiger partial charge in [0.1, 0.15) is 5.75 Å². The standard InChI is InChI=1S/C16H24O2/c1-11-8-12(2)10-14(9-11)18-16-7-5-4-6-15(16)13(3)17/h4-7,11-14,17H,8-10H2,1-3H3. The fourth-order valence-electron chi connectivity index (χ4n) is 3.08. The van der Waals surface area contributed by atoms with Gasteiger partial charge in [-0.15, -0.1) is 0 Å². The molecule has 1 N–H and O–H groups in total. The van der Waals surface area contributed by atoms with E-state index in [4.69, 9.17) is 4.74 Å². The minimum atomic E-state index is -0.473. The van der Waals surface area contributed by atoms with Gasteiger partial charge in [-0.2, -0.15) is 0 Å². The van der Waals surface area contributed by atoms with Crippen LogP contribution in [0.4, 0.5) is 0 Å². The Kier molecular flexibility index (Phi) is 4.28. The zero-order valence-electron chi connectivity index (χ0n) is 11.6. The van der Waals surface area contributed by atoms with Crippen molar-refractivity contribution < 1.29 is 9.84 Å². The summed E-state index contributed by atoms with van der Waals surface area (Å²) in [6.45, 7) is 6.38. The first-order valence-corrected chi connectivity index (χ1v) is 7.00. The van der Waals surface area contributed by atoms with Gasteiger partial charge in [0.05, 0.1) is 12.2 Å². The van der Waals surface area contributed by atoms with Gasteiger partial charge in [-0.25, -0.2) is 0 Å². The van der Waals surface area contributed by atoms with E-state index in [1.165, 1.54) is 6.42 Å². The number of ether oxygens (including phenoxy) is 1. The highest BCUT2D eigenvalue weighted by Crippen LogP contribution is 2.33. The zero-order chi connectivity index (χ0) is 13.1. The number of aliphatic hydroxyl groups is 1. The number of rotatable bonds is 3. The van der Waals surface area contributed by atoms with Crippen LogP contribution >= 0.6 is 0 Å². The predicted molar refractivity (Wildman–Crippen MR) is 73.7 cm³/mol. The number of benzene rings is 1. The van der Waals surface area contributed by atoms with E-state index in [0.717, 1.165) is 36.0 Å². The van der Waals surface area contributed by atoms with Crippen LogP contribution in [0.1, 0.15) is 51.7 Å². The van der Waals surface area contributed by atoms with E-state index in [9.17, 15) is 5.11 Å². The second-order valence-electron chi connectivity index (χ2n) is 5.87. The van der Waals surface area contributed by atoms with Crippen LogP contribution in [-0.4, -0.2) is 11.2 Å². The summed E-state index contributed by atoms with van der Waals surface area (Å²) in [5, 5.41) is 9.76. The van der Waals surface area contributed by atoms with Crippen molar-refractivity contribution in [1.29, 1.82) is 0 Å². The molecule has 3 atom stereocenters. The molecule has 0 heterocycles. The quantitative estimate of drug-likeness (QED) is 0.877. The highest BCUT2D eigenvalue weighted by molar-refractivity contribution is 5.34. The smallest absolute Gasteiger partial charge is 0.125 e. The van der Waals surface area contributed by atoms with Gasteiger partial charge in [-0.3, -0.25) is 0 Å². The molecule has 0 amide bonds. The monoisotopic (exact) mass is 248 g/mol. The lowest BCUT2D eigenvalue weighted by Gasteiger charge is -2.32. The highest BCUT2D eigenvalue weighted by atomic mass is 16.5. The summed E-state index contributed by atoms with van der Waals surface area (Å²) < 4.78 is 6.13. The second kappa shape index (κ2) is 5.75. The molecular weight excluding hydrogens is 224 g/mol. The van der Waals surface area contributed by atoms with Gasteiger partial charge >= 0.3 is 0 Å². The summed E-state index contributed by atoms with van der Waals surface area (Å²) in [5.41, 5.74) is 0.892. The first-order valence-electron chi connectivity index (χ1n) is 7.00. The molecule has 100 valence electrons. The van der Waals surface area contributed by atoms with Crippen molar-refractivity contribution in [2.75, 3.05) is 0 Å². The molecule has 1 aromatic carbocycles. The zero-order valence-corrected chi connectivity index (χ0v) is 11.6. The van der Waals surface area contributed by atoms with E-state index >= 15 is 0 Å². The van der Waals surface area contributed by atoms with E-state index in [1.54, 1.807) is 6.92 Å². The van der Waals surface area contributed by atoms with Crippen molar-refractivity contribution in [2.45, 2.75) is 52.2 Å². The maximum absolute atomic E-state index is 9.76. The maximum atomic E-state index is 9.76. The van der Waals surface area contributed by atoms with Crippen LogP contribution in [0.25, 0.3) is 0 Å². The van der Waals surface area contributed by atoms with Crippen LogP contribution in [-0.2, 0) is 0 Å². The molecule has 3 unspecified atom stereocenters.